The number of fused-ring (bicyclic) bond motifs is 2. The predicted octanol–water partition coefficient (Wildman–Crippen LogP) is 5.58. The van der Waals surface area contributed by atoms with Gasteiger partial charge in [0.05, 0.1) is 22.4 Å². The van der Waals surface area contributed by atoms with E-state index in [0.717, 1.165) is 35.5 Å². The van der Waals surface area contributed by atoms with Gasteiger partial charge in [-0.1, -0.05) is 48.5 Å². The van der Waals surface area contributed by atoms with Crippen LogP contribution in [0.4, 0.5) is 0 Å². The largest absolute Gasteiger partial charge is 0.287 e. The fourth-order valence-electron chi connectivity index (χ4n) is 3.31. The maximum atomic E-state index is 4.86. The van der Waals surface area contributed by atoms with Gasteiger partial charge in [-0.05, 0) is 45.0 Å². The summed E-state index contributed by atoms with van der Waals surface area (Å²) < 4.78 is 0. The SMILES string of the molecule is CC(C)(C)N(Cc1ccc2ccccc2n1)Cc1ccc2ccccc2n1. The topological polar surface area (TPSA) is 29.0 Å². The molecule has 4 aromatic rings. The van der Waals surface area contributed by atoms with Crippen molar-refractivity contribution in [2.45, 2.75) is 39.4 Å². The molecule has 0 aliphatic carbocycles. The zero-order valence-electron chi connectivity index (χ0n) is 16.2. The van der Waals surface area contributed by atoms with Crippen LogP contribution in [-0.4, -0.2) is 20.4 Å². The van der Waals surface area contributed by atoms with Crippen molar-refractivity contribution < 1.29 is 0 Å². The van der Waals surface area contributed by atoms with E-state index in [4.69, 9.17) is 9.97 Å². The molecule has 2 aromatic carbocycles. The monoisotopic (exact) mass is 355 g/mol. The van der Waals surface area contributed by atoms with Gasteiger partial charge in [-0.3, -0.25) is 14.9 Å². The summed E-state index contributed by atoms with van der Waals surface area (Å²) in [6.07, 6.45) is 0. The molecule has 0 unspecified atom stereocenters. The first kappa shape index (κ1) is 17.6. The second-order valence-electron chi connectivity index (χ2n) is 8.02. The number of pyridine rings is 2. The minimum atomic E-state index is 0.0145. The summed E-state index contributed by atoms with van der Waals surface area (Å²) in [7, 11) is 0. The van der Waals surface area contributed by atoms with Crippen molar-refractivity contribution in [2.75, 3.05) is 0 Å². The third-order valence-electron chi connectivity index (χ3n) is 4.97. The molecule has 0 radical (unpaired) electrons. The Kier molecular flexibility index (Phi) is 4.63. The third kappa shape index (κ3) is 3.99. The summed E-state index contributed by atoms with van der Waals surface area (Å²) in [5.41, 5.74) is 4.29. The molecule has 4 rings (SSSR count). The van der Waals surface area contributed by atoms with Gasteiger partial charge in [-0.15, -0.1) is 0 Å². The Bertz CT molecular complexity index is 998. The number of aromatic nitrogens is 2. The molecule has 0 spiro atoms. The molecule has 3 heteroatoms. The predicted molar refractivity (Wildman–Crippen MR) is 112 cm³/mol. The Labute approximate surface area is 160 Å². The van der Waals surface area contributed by atoms with E-state index < -0.39 is 0 Å². The van der Waals surface area contributed by atoms with Gasteiger partial charge in [-0.2, -0.15) is 0 Å². The summed E-state index contributed by atoms with van der Waals surface area (Å²) >= 11 is 0. The van der Waals surface area contributed by atoms with Crippen molar-refractivity contribution in [1.29, 1.82) is 0 Å². The van der Waals surface area contributed by atoms with E-state index >= 15 is 0 Å². The molecule has 0 saturated carbocycles. The normalized spacial score (nSPS) is 12.1. The molecule has 136 valence electrons. The van der Waals surface area contributed by atoms with Gasteiger partial charge in [0.25, 0.3) is 0 Å². The van der Waals surface area contributed by atoms with Crippen molar-refractivity contribution in [1.82, 2.24) is 14.9 Å². The van der Waals surface area contributed by atoms with Gasteiger partial charge < -0.3 is 0 Å². The lowest BCUT2D eigenvalue weighted by Gasteiger charge is -2.35. The zero-order chi connectivity index (χ0) is 18.9. The van der Waals surface area contributed by atoms with Gasteiger partial charge in [-0.25, -0.2) is 0 Å². The summed E-state index contributed by atoms with van der Waals surface area (Å²) in [5.74, 6) is 0. The molecular formula is C24H25N3. The number of rotatable bonds is 4. The minimum Gasteiger partial charge on any atom is -0.287 e. The summed E-state index contributed by atoms with van der Waals surface area (Å²) in [5, 5.41) is 2.36. The Hall–Kier alpha value is -2.78. The van der Waals surface area contributed by atoms with Gasteiger partial charge in [0.15, 0.2) is 0 Å². The van der Waals surface area contributed by atoms with Crippen LogP contribution in [-0.2, 0) is 13.1 Å². The Morgan fingerprint density at radius 2 is 1.07 bits per heavy atom. The van der Waals surface area contributed by atoms with E-state index in [2.05, 4.69) is 86.3 Å². The zero-order valence-corrected chi connectivity index (χ0v) is 16.2. The first-order valence-electron chi connectivity index (χ1n) is 9.43. The van der Waals surface area contributed by atoms with E-state index in [1.807, 2.05) is 12.1 Å². The van der Waals surface area contributed by atoms with Crippen LogP contribution in [0.3, 0.4) is 0 Å². The van der Waals surface area contributed by atoms with Crippen molar-refractivity contribution in [3.8, 4) is 0 Å². The lowest BCUT2D eigenvalue weighted by atomic mass is 10.0. The van der Waals surface area contributed by atoms with E-state index in [-0.39, 0.29) is 5.54 Å². The summed E-state index contributed by atoms with van der Waals surface area (Å²) in [6.45, 7) is 8.32. The molecule has 2 heterocycles. The van der Waals surface area contributed by atoms with Gasteiger partial charge in [0.2, 0.25) is 0 Å². The highest BCUT2D eigenvalue weighted by atomic mass is 15.2. The van der Waals surface area contributed by atoms with Crippen LogP contribution in [0.15, 0.2) is 72.8 Å². The number of hydrogen-bond acceptors (Lipinski definition) is 3. The molecule has 3 nitrogen and oxygen atoms in total. The third-order valence-corrected chi connectivity index (χ3v) is 4.97. The lowest BCUT2D eigenvalue weighted by Crippen LogP contribution is -2.40. The van der Waals surface area contributed by atoms with Gasteiger partial charge in [0, 0.05) is 29.4 Å². The lowest BCUT2D eigenvalue weighted by molar-refractivity contribution is 0.115. The number of para-hydroxylation sites is 2. The van der Waals surface area contributed by atoms with E-state index in [1.54, 1.807) is 0 Å². The molecule has 0 amide bonds. The maximum absolute atomic E-state index is 4.86. The molecule has 0 saturated heterocycles. The fourth-order valence-corrected chi connectivity index (χ4v) is 3.31. The van der Waals surface area contributed by atoms with Gasteiger partial charge in [0.1, 0.15) is 0 Å². The highest BCUT2D eigenvalue weighted by Gasteiger charge is 2.22. The Morgan fingerprint density at radius 1 is 0.630 bits per heavy atom. The maximum Gasteiger partial charge on any atom is 0.0705 e. The van der Waals surface area contributed by atoms with Crippen LogP contribution in [0.2, 0.25) is 0 Å². The second-order valence-corrected chi connectivity index (χ2v) is 8.02. The molecule has 0 aliphatic rings. The average Bonchev–Trinajstić information content (AvgIpc) is 2.66. The first-order valence-corrected chi connectivity index (χ1v) is 9.43. The van der Waals surface area contributed by atoms with Gasteiger partial charge >= 0.3 is 0 Å². The smallest absolute Gasteiger partial charge is 0.0705 e. The Morgan fingerprint density at radius 3 is 1.52 bits per heavy atom. The van der Waals surface area contributed by atoms with Crippen molar-refractivity contribution >= 4 is 21.8 Å². The summed E-state index contributed by atoms with van der Waals surface area (Å²) in [4.78, 5) is 12.1. The van der Waals surface area contributed by atoms with E-state index in [0.29, 0.717) is 0 Å². The fraction of sp³-hybridized carbons (Fsp3) is 0.250. The first-order chi connectivity index (χ1) is 13.0. The van der Waals surface area contributed by atoms with Crippen molar-refractivity contribution in [3.63, 3.8) is 0 Å². The number of hydrogen-bond donors (Lipinski definition) is 0. The molecule has 0 aliphatic heterocycles. The van der Waals surface area contributed by atoms with E-state index in [1.165, 1.54) is 10.8 Å². The van der Waals surface area contributed by atoms with Crippen LogP contribution in [0.25, 0.3) is 21.8 Å². The van der Waals surface area contributed by atoms with E-state index in [9.17, 15) is 0 Å². The number of benzene rings is 2. The molecule has 0 atom stereocenters. The average molecular weight is 355 g/mol. The second kappa shape index (κ2) is 7.09. The number of nitrogens with zero attached hydrogens (tertiary/aromatic N) is 3. The van der Waals surface area contributed by atoms with Crippen LogP contribution >= 0.6 is 0 Å². The van der Waals surface area contributed by atoms with Crippen LogP contribution < -0.4 is 0 Å². The molecule has 0 fully saturated rings. The van der Waals surface area contributed by atoms with Crippen LogP contribution in [0.1, 0.15) is 32.2 Å². The van der Waals surface area contributed by atoms with Crippen LogP contribution in [0, 0.1) is 0 Å². The standard InChI is InChI=1S/C24H25N3/c1-24(2,3)27(16-20-14-12-18-8-4-6-10-22(18)25-20)17-21-15-13-19-9-5-7-11-23(19)26-21/h4-15H,16-17H2,1-3H3. The van der Waals surface area contributed by atoms with Crippen molar-refractivity contribution in [3.05, 3.63) is 84.2 Å². The Balaban J connectivity index is 1.62. The summed E-state index contributed by atoms with van der Waals surface area (Å²) in [6, 6.07) is 25.1. The molecule has 27 heavy (non-hydrogen) atoms. The highest BCUT2D eigenvalue weighted by Crippen LogP contribution is 2.22. The molecule has 0 bridgehead atoms. The highest BCUT2D eigenvalue weighted by molar-refractivity contribution is 5.79. The van der Waals surface area contributed by atoms with Crippen LogP contribution in [0.5, 0.6) is 0 Å². The molecule has 0 N–H and O–H groups in total. The van der Waals surface area contributed by atoms with Crippen molar-refractivity contribution in [2.24, 2.45) is 0 Å². The molecular weight excluding hydrogens is 330 g/mol. The molecule has 2 aromatic heterocycles. The minimum absolute atomic E-state index is 0.0145. The quantitative estimate of drug-likeness (QED) is 0.478.